The van der Waals surface area contributed by atoms with Gasteiger partial charge in [0, 0.05) is 37.1 Å². The fourth-order valence-electron chi connectivity index (χ4n) is 3.54. The van der Waals surface area contributed by atoms with Crippen LogP contribution in [0.3, 0.4) is 0 Å². The standard InChI is InChI=1S/C20H22BrClN4/c21-15-7-8-17-18(14-15)24-20(23-17)6-3-9-25-10-12-26(13-11-25)19-5-2-1-4-16(19)22/h1-2,4-5,7-8,14H,3,6,9-13H2,(H,23,24). The van der Waals surface area contributed by atoms with Gasteiger partial charge in [-0.2, -0.15) is 0 Å². The van der Waals surface area contributed by atoms with Gasteiger partial charge in [0.05, 0.1) is 21.7 Å². The van der Waals surface area contributed by atoms with Crippen molar-refractivity contribution in [2.45, 2.75) is 12.8 Å². The van der Waals surface area contributed by atoms with Gasteiger partial charge in [-0.3, -0.25) is 4.90 Å². The van der Waals surface area contributed by atoms with Crippen LogP contribution in [-0.2, 0) is 6.42 Å². The van der Waals surface area contributed by atoms with Crippen molar-refractivity contribution in [1.29, 1.82) is 0 Å². The first-order valence-corrected chi connectivity index (χ1v) is 10.2. The third kappa shape index (κ3) is 4.05. The van der Waals surface area contributed by atoms with Gasteiger partial charge >= 0.3 is 0 Å². The Hall–Kier alpha value is -1.56. The van der Waals surface area contributed by atoms with Crippen LogP contribution in [0.2, 0.25) is 5.02 Å². The SMILES string of the molecule is Clc1ccccc1N1CCN(CCCc2nc3ccc(Br)cc3[nH]2)CC1. The summed E-state index contributed by atoms with van der Waals surface area (Å²) >= 11 is 9.83. The van der Waals surface area contributed by atoms with Crippen molar-refractivity contribution in [2.24, 2.45) is 0 Å². The zero-order valence-electron chi connectivity index (χ0n) is 14.6. The molecule has 0 spiro atoms. The van der Waals surface area contributed by atoms with E-state index in [1.807, 2.05) is 24.3 Å². The first-order chi connectivity index (χ1) is 12.7. The minimum Gasteiger partial charge on any atom is -0.368 e. The van der Waals surface area contributed by atoms with Crippen LogP contribution in [-0.4, -0.2) is 47.6 Å². The molecule has 0 unspecified atom stereocenters. The van der Waals surface area contributed by atoms with E-state index in [1.54, 1.807) is 0 Å². The summed E-state index contributed by atoms with van der Waals surface area (Å²) in [5.41, 5.74) is 3.29. The molecular formula is C20H22BrClN4. The molecule has 0 amide bonds. The lowest BCUT2D eigenvalue weighted by molar-refractivity contribution is 0.254. The van der Waals surface area contributed by atoms with Crippen LogP contribution in [0.25, 0.3) is 11.0 Å². The van der Waals surface area contributed by atoms with E-state index in [0.29, 0.717) is 0 Å². The lowest BCUT2D eigenvalue weighted by atomic mass is 10.2. The highest BCUT2D eigenvalue weighted by molar-refractivity contribution is 9.10. The molecule has 2 aromatic carbocycles. The lowest BCUT2D eigenvalue weighted by Crippen LogP contribution is -2.46. The Bertz CT molecular complexity index is 886. The van der Waals surface area contributed by atoms with Gasteiger partial charge in [-0.15, -0.1) is 0 Å². The Balaban J connectivity index is 1.26. The van der Waals surface area contributed by atoms with Crippen molar-refractivity contribution in [3.63, 3.8) is 0 Å². The van der Waals surface area contributed by atoms with Crippen molar-refractivity contribution in [3.8, 4) is 0 Å². The number of benzene rings is 2. The summed E-state index contributed by atoms with van der Waals surface area (Å²) in [7, 11) is 0. The van der Waals surface area contributed by atoms with Crippen molar-refractivity contribution in [2.75, 3.05) is 37.6 Å². The molecule has 0 aliphatic carbocycles. The molecule has 6 heteroatoms. The van der Waals surface area contributed by atoms with E-state index in [0.717, 1.165) is 77.6 Å². The van der Waals surface area contributed by atoms with Crippen molar-refractivity contribution in [3.05, 3.63) is 57.8 Å². The summed E-state index contributed by atoms with van der Waals surface area (Å²) < 4.78 is 1.08. The molecule has 4 nitrogen and oxygen atoms in total. The minimum absolute atomic E-state index is 0.845. The van der Waals surface area contributed by atoms with Gasteiger partial charge in [0.15, 0.2) is 0 Å². The maximum atomic E-state index is 6.32. The molecule has 4 rings (SSSR count). The minimum atomic E-state index is 0.845. The van der Waals surface area contributed by atoms with E-state index in [1.165, 1.54) is 0 Å². The van der Waals surface area contributed by atoms with Crippen LogP contribution in [0.15, 0.2) is 46.9 Å². The van der Waals surface area contributed by atoms with Crippen molar-refractivity contribution >= 4 is 44.3 Å². The topological polar surface area (TPSA) is 35.2 Å². The molecule has 1 aliphatic rings. The number of nitrogens with zero attached hydrogens (tertiary/aromatic N) is 3. The Morgan fingerprint density at radius 3 is 2.69 bits per heavy atom. The molecule has 136 valence electrons. The first-order valence-electron chi connectivity index (χ1n) is 9.05. The molecule has 3 aromatic rings. The van der Waals surface area contributed by atoms with E-state index in [-0.39, 0.29) is 0 Å². The van der Waals surface area contributed by atoms with Gasteiger partial charge in [0.1, 0.15) is 5.82 Å². The van der Waals surface area contributed by atoms with Gasteiger partial charge < -0.3 is 9.88 Å². The molecule has 1 saturated heterocycles. The van der Waals surface area contributed by atoms with Gasteiger partial charge in [-0.1, -0.05) is 39.7 Å². The maximum absolute atomic E-state index is 6.32. The van der Waals surface area contributed by atoms with Gasteiger partial charge in [0.25, 0.3) is 0 Å². The highest BCUT2D eigenvalue weighted by Gasteiger charge is 2.18. The molecule has 0 atom stereocenters. The smallest absolute Gasteiger partial charge is 0.107 e. The zero-order valence-corrected chi connectivity index (χ0v) is 16.9. The number of H-pyrrole nitrogens is 1. The Labute approximate surface area is 167 Å². The number of anilines is 1. The third-order valence-electron chi connectivity index (χ3n) is 4.95. The number of imidazole rings is 1. The number of aromatic amines is 1. The Morgan fingerprint density at radius 1 is 1.08 bits per heavy atom. The molecule has 1 fully saturated rings. The van der Waals surface area contributed by atoms with Crippen LogP contribution < -0.4 is 4.90 Å². The van der Waals surface area contributed by atoms with Crippen LogP contribution in [0.5, 0.6) is 0 Å². The average molecular weight is 434 g/mol. The molecule has 1 aliphatic heterocycles. The summed E-state index contributed by atoms with van der Waals surface area (Å²) in [5, 5.41) is 0.845. The van der Waals surface area contributed by atoms with Gasteiger partial charge in [-0.05, 0) is 43.3 Å². The summed E-state index contributed by atoms with van der Waals surface area (Å²) in [4.78, 5) is 13.0. The van der Waals surface area contributed by atoms with Crippen LogP contribution in [0, 0.1) is 0 Å². The van der Waals surface area contributed by atoms with Gasteiger partial charge in [-0.25, -0.2) is 4.98 Å². The number of halogens is 2. The summed E-state index contributed by atoms with van der Waals surface area (Å²) in [6, 6.07) is 14.3. The molecule has 0 saturated carbocycles. The highest BCUT2D eigenvalue weighted by atomic mass is 79.9. The Kier molecular flexibility index (Phi) is 5.48. The summed E-state index contributed by atoms with van der Waals surface area (Å²) in [6.07, 6.45) is 2.10. The van der Waals surface area contributed by atoms with Gasteiger partial charge in [0.2, 0.25) is 0 Å². The lowest BCUT2D eigenvalue weighted by Gasteiger charge is -2.36. The van der Waals surface area contributed by atoms with E-state index >= 15 is 0 Å². The number of hydrogen-bond acceptors (Lipinski definition) is 3. The fraction of sp³-hybridized carbons (Fsp3) is 0.350. The normalized spacial score (nSPS) is 15.7. The number of rotatable bonds is 5. The number of fused-ring (bicyclic) bond motifs is 1. The Morgan fingerprint density at radius 2 is 1.88 bits per heavy atom. The highest BCUT2D eigenvalue weighted by Crippen LogP contribution is 2.26. The zero-order chi connectivity index (χ0) is 17.9. The number of piperazine rings is 1. The average Bonchev–Trinajstić information content (AvgIpc) is 3.05. The third-order valence-corrected chi connectivity index (χ3v) is 5.76. The van der Waals surface area contributed by atoms with E-state index < -0.39 is 0 Å². The second kappa shape index (κ2) is 7.99. The number of nitrogens with one attached hydrogen (secondary N) is 1. The van der Waals surface area contributed by atoms with Crippen LogP contribution >= 0.6 is 27.5 Å². The number of aromatic nitrogens is 2. The van der Waals surface area contributed by atoms with Crippen LogP contribution in [0.4, 0.5) is 5.69 Å². The summed E-state index contributed by atoms with van der Waals surface area (Å²) in [6.45, 7) is 5.33. The first kappa shape index (κ1) is 17.8. The van der Waals surface area contributed by atoms with Crippen molar-refractivity contribution < 1.29 is 0 Å². The molecule has 1 N–H and O–H groups in total. The molecule has 1 aromatic heterocycles. The molecule has 26 heavy (non-hydrogen) atoms. The van der Waals surface area contributed by atoms with E-state index in [9.17, 15) is 0 Å². The second-order valence-corrected chi connectivity index (χ2v) is 8.05. The van der Waals surface area contributed by atoms with Crippen molar-refractivity contribution in [1.82, 2.24) is 14.9 Å². The molecular weight excluding hydrogens is 412 g/mol. The summed E-state index contributed by atoms with van der Waals surface area (Å²) in [5.74, 6) is 1.08. The predicted octanol–water partition coefficient (Wildman–Crippen LogP) is 4.73. The monoisotopic (exact) mass is 432 g/mol. The largest absolute Gasteiger partial charge is 0.368 e. The number of aryl methyl sites for hydroxylation is 1. The number of para-hydroxylation sites is 1. The fourth-order valence-corrected chi connectivity index (χ4v) is 4.16. The maximum Gasteiger partial charge on any atom is 0.107 e. The van der Waals surface area contributed by atoms with Crippen LogP contribution in [0.1, 0.15) is 12.2 Å². The van der Waals surface area contributed by atoms with E-state index in [2.05, 4.69) is 53.9 Å². The molecule has 0 bridgehead atoms. The quantitative estimate of drug-likeness (QED) is 0.631. The predicted molar refractivity (Wildman–Crippen MR) is 112 cm³/mol. The molecule has 0 radical (unpaired) electrons. The van der Waals surface area contributed by atoms with E-state index in [4.69, 9.17) is 11.6 Å². The second-order valence-electron chi connectivity index (χ2n) is 6.73. The number of hydrogen-bond donors (Lipinski definition) is 1. The molecule has 2 heterocycles.